The standard InChI is InChI=1S/C15H28N4OS/c1-12(2)14-13(11-16-5-10-20-4)21-15(17-14)19-8-6-18(3)7-9-19/h12,16H,5-11H2,1-4H3. The fourth-order valence-electron chi connectivity index (χ4n) is 2.44. The minimum absolute atomic E-state index is 0.474. The van der Waals surface area contributed by atoms with Crippen LogP contribution in [0, 0.1) is 0 Å². The average molecular weight is 312 g/mol. The molecule has 0 saturated carbocycles. The van der Waals surface area contributed by atoms with Crippen molar-refractivity contribution in [2.24, 2.45) is 0 Å². The van der Waals surface area contributed by atoms with Gasteiger partial charge in [-0.25, -0.2) is 4.98 Å². The van der Waals surface area contributed by atoms with Gasteiger partial charge in [0.2, 0.25) is 0 Å². The van der Waals surface area contributed by atoms with E-state index in [1.807, 2.05) is 11.3 Å². The summed E-state index contributed by atoms with van der Waals surface area (Å²) in [7, 11) is 3.92. The van der Waals surface area contributed by atoms with Gasteiger partial charge in [-0.3, -0.25) is 0 Å². The van der Waals surface area contributed by atoms with Crippen LogP contribution in [0.2, 0.25) is 0 Å². The number of hydrogen-bond donors (Lipinski definition) is 1. The first kappa shape index (κ1) is 16.7. The summed E-state index contributed by atoms with van der Waals surface area (Å²) in [4.78, 5) is 11.1. The Morgan fingerprint density at radius 3 is 2.62 bits per heavy atom. The molecule has 0 spiro atoms. The van der Waals surface area contributed by atoms with Gasteiger partial charge in [0, 0.05) is 51.3 Å². The molecule has 21 heavy (non-hydrogen) atoms. The molecule has 1 N–H and O–H groups in total. The average Bonchev–Trinajstić information content (AvgIpc) is 2.89. The topological polar surface area (TPSA) is 40.6 Å². The number of aromatic nitrogens is 1. The summed E-state index contributed by atoms with van der Waals surface area (Å²) in [5.41, 5.74) is 1.25. The molecule has 0 aromatic carbocycles. The van der Waals surface area contributed by atoms with Gasteiger partial charge in [0.1, 0.15) is 0 Å². The Morgan fingerprint density at radius 1 is 1.29 bits per heavy atom. The Bertz CT molecular complexity index is 427. The van der Waals surface area contributed by atoms with Crippen molar-refractivity contribution in [3.63, 3.8) is 0 Å². The van der Waals surface area contributed by atoms with E-state index >= 15 is 0 Å². The molecule has 1 fully saturated rings. The summed E-state index contributed by atoms with van der Waals surface area (Å²) >= 11 is 1.85. The first-order valence-electron chi connectivity index (χ1n) is 7.74. The molecule has 1 aromatic rings. The van der Waals surface area contributed by atoms with E-state index in [4.69, 9.17) is 9.72 Å². The molecule has 0 bridgehead atoms. The number of thiazole rings is 1. The van der Waals surface area contributed by atoms with Crippen molar-refractivity contribution in [2.75, 3.05) is 58.4 Å². The SMILES string of the molecule is COCCNCc1sc(N2CCN(C)CC2)nc1C(C)C. The van der Waals surface area contributed by atoms with E-state index in [0.717, 1.165) is 45.9 Å². The molecular formula is C15H28N4OS. The summed E-state index contributed by atoms with van der Waals surface area (Å²) < 4.78 is 5.08. The third kappa shape index (κ3) is 4.64. The molecule has 1 aliphatic heterocycles. The largest absolute Gasteiger partial charge is 0.383 e. The summed E-state index contributed by atoms with van der Waals surface area (Å²) in [5.74, 6) is 0.474. The molecule has 0 aliphatic carbocycles. The Kier molecular flexibility index (Phi) is 6.41. The van der Waals surface area contributed by atoms with E-state index in [1.165, 1.54) is 15.7 Å². The summed E-state index contributed by atoms with van der Waals surface area (Å²) in [5, 5.41) is 4.63. The van der Waals surface area contributed by atoms with Gasteiger partial charge < -0.3 is 19.9 Å². The molecule has 0 amide bonds. The maximum absolute atomic E-state index is 5.08. The van der Waals surface area contributed by atoms with Crippen LogP contribution in [0.5, 0.6) is 0 Å². The quantitative estimate of drug-likeness (QED) is 0.777. The molecule has 0 atom stereocenters. The van der Waals surface area contributed by atoms with E-state index in [2.05, 4.69) is 36.0 Å². The van der Waals surface area contributed by atoms with Crippen molar-refractivity contribution in [1.82, 2.24) is 15.2 Å². The fraction of sp³-hybridized carbons (Fsp3) is 0.800. The van der Waals surface area contributed by atoms with Gasteiger partial charge in [0.15, 0.2) is 5.13 Å². The second kappa shape index (κ2) is 8.08. The normalized spacial score (nSPS) is 16.9. The van der Waals surface area contributed by atoms with Crippen molar-refractivity contribution in [1.29, 1.82) is 0 Å². The lowest BCUT2D eigenvalue weighted by atomic mass is 10.1. The number of nitrogens with one attached hydrogen (secondary N) is 1. The molecule has 2 rings (SSSR count). The van der Waals surface area contributed by atoms with Crippen LogP contribution in [-0.4, -0.2) is 63.4 Å². The van der Waals surface area contributed by atoms with Gasteiger partial charge in [-0.1, -0.05) is 13.8 Å². The van der Waals surface area contributed by atoms with Gasteiger partial charge in [0.25, 0.3) is 0 Å². The lowest BCUT2D eigenvalue weighted by Gasteiger charge is -2.32. The van der Waals surface area contributed by atoms with Crippen molar-refractivity contribution in [2.45, 2.75) is 26.3 Å². The molecule has 1 aliphatic rings. The first-order valence-corrected chi connectivity index (χ1v) is 8.56. The predicted molar refractivity (Wildman–Crippen MR) is 89.5 cm³/mol. The molecule has 0 radical (unpaired) electrons. The number of ether oxygens (including phenoxy) is 1. The van der Waals surface area contributed by atoms with E-state index in [9.17, 15) is 0 Å². The highest BCUT2D eigenvalue weighted by atomic mass is 32.1. The van der Waals surface area contributed by atoms with Crippen LogP contribution in [0.25, 0.3) is 0 Å². The molecule has 2 heterocycles. The number of hydrogen-bond acceptors (Lipinski definition) is 6. The fourth-order valence-corrected chi connectivity index (χ4v) is 3.67. The molecule has 0 unspecified atom stereocenters. The Balaban J connectivity index is 2.02. The highest BCUT2D eigenvalue weighted by molar-refractivity contribution is 7.15. The lowest BCUT2D eigenvalue weighted by molar-refractivity contribution is 0.199. The van der Waals surface area contributed by atoms with E-state index in [0.29, 0.717) is 5.92 Å². The maximum Gasteiger partial charge on any atom is 0.185 e. The summed E-state index contributed by atoms with van der Waals surface area (Å²) in [6, 6.07) is 0. The van der Waals surface area contributed by atoms with Crippen molar-refractivity contribution < 1.29 is 4.74 Å². The van der Waals surface area contributed by atoms with Gasteiger partial charge in [0.05, 0.1) is 12.3 Å². The molecule has 6 heteroatoms. The van der Waals surface area contributed by atoms with Crippen LogP contribution in [0.1, 0.15) is 30.3 Å². The number of rotatable bonds is 7. The van der Waals surface area contributed by atoms with E-state index in [1.54, 1.807) is 7.11 Å². The van der Waals surface area contributed by atoms with E-state index in [-0.39, 0.29) is 0 Å². The van der Waals surface area contributed by atoms with Gasteiger partial charge in [-0.15, -0.1) is 11.3 Å². The Hall–Kier alpha value is -0.690. The highest BCUT2D eigenvalue weighted by Crippen LogP contribution is 2.31. The molecule has 1 aromatic heterocycles. The monoisotopic (exact) mass is 312 g/mol. The van der Waals surface area contributed by atoms with Gasteiger partial charge in [-0.05, 0) is 13.0 Å². The van der Waals surface area contributed by atoms with Crippen molar-refractivity contribution in [3.05, 3.63) is 10.6 Å². The Morgan fingerprint density at radius 2 is 2.00 bits per heavy atom. The van der Waals surface area contributed by atoms with Crippen LogP contribution in [0.4, 0.5) is 5.13 Å². The highest BCUT2D eigenvalue weighted by Gasteiger charge is 2.20. The van der Waals surface area contributed by atoms with Crippen LogP contribution in [0.15, 0.2) is 0 Å². The van der Waals surface area contributed by atoms with Gasteiger partial charge in [-0.2, -0.15) is 0 Å². The second-order valence-corrected chi connectivity index (χ2v) is 6.98. The van der Waals surface area contributed by atoms with Crippen LogP contribution >= 0.6 is 11.3 Å². The minimum Gasteiger partial charge on any atom is -0.383 e. The molecule has 5 nitrogen and oxygen atoms in total. The summed E-state index contributed by atoms with van der Waals surface area (Å²) in [6.07, 6.45) is 0. The maximum atomic E-state index is 5.08. The Labute approximate surface area is 132 Å². The van der Waals surface area contributed by atoms with Crippen molar-refractivity contribution >= 4 is 16.5 Å². The molecule has 1 saturated heterocycles. The second-order valence-electron chi connectivity index (χ2n) is 5.92. The number of anilines is 1. The minimum atomic E-state index is 0.474. The van der Waals surface area contributed by atoms with Crippen LogP contribution < -0.4 is 10.2 Å². The summed E-state index contributed by atoms with van der Waals surface area (Å²) in [6.45, 7) is 11.4. The van der Waals surface area contributed by atoms with Gasteiger partial charge >= 0.3 is 0 Å². The lowest BCUT2D eigenvalue weighted by Crippen LogP contribution is -2.44. The van der Waals surface area contributed by atoms with Crippen LogP contribution in [-0.2, 0) is 11.3 Å². The zero-order valence-corrected chi connectivity index (χ0v) is 14.5. The number of methoxy groups -OCH3 is 1. The number of likely N-dealkylation sites (N-methyl/N-ethyl adjacent to an activating group) is 1. The zero-order valence-electron chi connectivity index (χ0n) is 13.7. The van der Waals surface area contributed by atoms with Crippen LogP contribution in [0.3, 0.4) is 0 Å². The molecular weight excluding hydrogens is 284 g/mol. The third-order valence-corrected chi connectivity index (χ3v) is 4.94. The molecule has 120 valence electrons. The zero-order chi connectivity index (χ0) is 15.2. The smallest absolute Gasteiger partial charge is 0.185 e. The predicted octanol–water partition coefficient (Wildman–Crippen LogP) is 1.75. The van der Waals surface area contributed by atoms with Crippen molar-refractivity contribution in [3.8, 4) is 0 Å². The number of piperazine rings is 1. The third-order valence-electron chi connectivity index (χ3n) is 3.81. The van der Waals surface area contributed by atoms with E-state index < -0.39 is 0 Å². The number of nitrogens with zero attached hydrogens (tertiary/aromatic N) is 3. The first-order chi connectivity index (χ1) is 10.1.